The van der Waals surface area contributed by atoms with Gasteiger partial charge in [0.05, 0.1) is 11.2 Å². The molecule has 0 fully saturated rings. The third-order valence-corrected chi connectivity index (χ3v) is 3.16. The quantitative estimate of drug-likeness (QED) is 0.505. The maximum Gasteiger partial charge on any atom is 0.253 e. The van der Waals surface area contributed by atoms with E-state index in [0.29, 0.717) is 5.02 Å². The van der Waals surface area contributed by atoms with E-state index in [0.717, 1.165) is 22.2 Å². The second-order valence-electron chi connectivity index (χ2n) is 4.44. The summed E-state index contributed by atoms with van der Waals surface area (Å²) in [5.74, 6) is 0.144. The van der Waals surface area contributed by atoms with Crippen LogP contribution < -0.4 is 23.9 Å². The fraction of sp³-hybridized carbons (Fsp3) is 0. The van der Waals surface area contributed by atoms with Crippen LogP contribution in [0.25, 0.3) is 22.2 Å². The highest BCUT2D eigenvalue weighted by Gasteiger charge is 2.10. The van der Waals surface area contributed by atoms with Crippen molar-refractivity contribution in [2.75, 3.05) is 0 Å². The van der Waals surface area contributed by atoms with Crippen LogP contribution in [-0.4, -0.2) is 15.9 Å². The van der Waals surface area contributed by atoms with E-state index >= 15 is 0 Å². The molecule has 5 nitrogen and oxygen atoms in total. The van der Waals surface area contributed by atoms with Gasteiger partial charge in [-0.05, 0) is 18.2 Å². The lowest BCUT2D eigenvalue weighted by atomic mass is 10.1. The zero-order valence-electron chi connectivity index (χ0n) is 11.4. The molecule has 0 saturated carbocycles. The molecule has 1 aromatic heterocycles. The number of hydrogen-bond acceptors (Lipinski definition) is 3. The van der Waals surface area contributed by atoms with Gasteiger partial charge in [-0.25, -0.2) is 9.97 Å². The number of nitrogens with zero attached hydrogens (tertiary/aromatic N) is 3. The van der Waals surface area contributed by atoms with E-state index in [9.17, 15) is 0 Å². The number of fused-ring (bicyclic) bond motifs is 1. The first kappa shape index (κ1) is 16.0. The van der Waals surface area contributed by atoms with E-state index in [1.54, 1.807) is 6.07 Å². The smallest absolute Gasteiger partial charge is 0.253 e. The van der Waals surface area contributed by atoms with Gasteiger partial charge in [0.1, 0.15) is 0 Å². The number of aromatic nitrogens is 2. The lowest BCUT2D eigenvalue weighted by Gasteiger charge is -2.07. The molecule has 0 atom stereocenters. The maximum atomic E-state index is 6.08. The van der Waals surface area contributed by atoms with Crippen LogP contribution in [0.2, 0.25) is 5.02 Å². The van der Waals surface area contributed by atoms with Crippen molar-refractivity contribution in [3.63, 3.8) is 0 Å². The minimum atomic E-state index is -0.0812. The summed E-state index contributed by atoms with van der Waals surface area (Å²) in [6.07, 6.45) is 0. The van der Waals surface area contributed by atoms with Gasteiger partial charge >= 0.3 is 0 Å². The molecule has 0 unspecified atom stereocenters. The Morgan fingerprint density at radius 1 is 1.00 bits per heavy atom. The summed E-state index contributed by atoms with van der Waals surface area (Å²) in [7, 11) is 0. The van der Waals surface area contributed by atoms with Crippen LogP contribution in [0.4, 0.5) is 5.95 Å². The standard InChI is InChI=1S/C15H12ClN5.ClH/c16-10-6-7-12-11(8-10)13(9-4-2-1-3-5-9)20-15(19-12)21-14(17)18;/h1-8H,(H4,17,18,19,20,21);1H/p-1. The van der Waals surface area contributed by atoms with Crippen LogP contribution >= 0.6 is 11.6 Å². The number of aliphatic imine (C=N–C) groups is 1. The lowest BCUT2D eigenvalue weighted by Crippen LogP contribution is -3.00. The Labute approximate surface area is 138 Å². The number of hydrogen-bond donors (Lipinski definition) is 2. The summed E-state index contributed by atoms with van der Waals surface area (Å²) >= 11 is 6.08. The number of nitrogens with two attached hydrogens (primary N) is 2. The van der Waals surface area contributed by atoms with Crippen molar-refractivity contribution in [1.29, 1.82) is 0 Å². The Bertz CT molecular complexity index is 830. The molecule has 0 spiro atoms. The molecule has 0 saturated heterocycles. The third-order valence-electron chi connectivity index (χ3n) is 2.92. The highest BCUT2D eigenvalue weighted by Crippen LogP contribution is 2.29. The Balaban J connectivity index is 0.00000176. The number of benzene rings is 2. The van der Waals surface area contributed by atoms with Gasteiger partial charge in [-0.3, -0.25) is 0 Å². The van der Waals surface area contributed by atoms with Gasteiger partial charge in [0.25, 0.3) is 5.95 Å². The zero-order chi connectivity index (χ0) is 14.8. The fourth-order valence-electron chi connectivity index (χ4n) is 2.07. The van der Waals surface area contributed by atoms with Crippen molar-refractivity contribution < 1.29 is 12.4 Å². The molecule has 0 aliphatic carbocycles. The van der Waals surface area contributed by atoms with Gasteiger partial charge < -0.3 is 23.9 Å². The minimum absolute atomic E-state index is 0. The molecule has 22 heavy (non-hydrogen) atoms. The Kier molecular flexibility index (Phi) is 4.80. The van der Waals surface area contributed by atoms with Gasteiger partial charge in [0, 0.05) is 16.0 Å². The molecule has 7 heteroatoms. The molecule has 4 N–H and O–H groups in total. The average Bonchev–Trinajstić information content (AvgIpc) is 2.47. The predicted molar refractivity (Wildman–Crippen MR) is 85.5 cm³/mol. The van der Waals surface area contributed by atoms with Crippen LogP contribution in [0.5, 0.6) is 0 Å². The summed E-state index contributed by atoms with van der Waals surface area (Å²) < 4.78 is 0. The van der Waals surface area contributed by atoms with E-state index < -0.39 is 0 Å². The van der Waals surface area contributed by atoms with E-state index in [1.807, 2.05) is 42.5 Å². The van der Waals surface area contributed by atoms with Gasteiger partial charge in [0.15, 0.2) is 5.96 Å². The van der Waals surface area contributed by atoms with Crippen LogP contribution in [0.3, 0.4) is 0 Å². The number of halogens is 2. The molecular formula is C15H12Cl2N5-. The van der Waals surface area contributed by atoms with Crippen molar-refractivity contribution in [3.05, 3.63) is 53.6 Å². The van der Waals surface area contributed by atoms with Crippen LogP contribution in [0.15, 0.2) is 53.5 Å². The van der Waals surface area contributed by atoms with Crippen LogP contribution in [0.1, 0.15) is 0 Å². The zero-order valence-corrected chi connectivity index (χ0v) is 12.9. The topological polar surface area (TPSA) is 90.2 Å². The molecule has 1 heterocycles. The summed E-state index contributed by atoms with van der Waals surface area (Å²) in [5, 5.41) is 1.47. The molecule has 2 aromatic carbocycles. The normalized spacial score (nSPS) is 10.0. The van der Waals surface area contributed by atoms with E-state index in [1.165, 1.54) is 0 Å². The molecule has 0 aliphatic rings. The summed E-state index contributed by atoms with van der Waals surface area (Å²) in [6, 6.07) is 15.2. The molecule has 112 valence electrons. The minimum Gasteiger partial charge on any atom is -1.00 e. The SMILES string of the molecule is NC(N)=Nc1nc(-c2ccccc2)c2cc(Cl)ccc2n1.[Cl-]. The summed E-state index contributed by atoms with van der Waals surface area (Å²) in [6.45, 7) is 0. The van der Waals surface area contributed by atoms with Crippen molar-refractivity contribution >= 4 is 34.4 Å². The second-order valence-corrected chi connectivity index (χ2v) is 4.87. The fourth-order valence-corrected chi connectivity index (χ4v) is 2.24. The van der Waals surface area contributed by atoms with Crippen molar-refractivity contribution in [2.45, 2.75) is 0 Å². The molecule has 3 rings (SSSR count). The summed E-state index contributed by atoms with van der Waals surface area (Å²) in [5.41, 5.74) is 13.2. The van der Waals surface area contributed by atoms with E-state index in [-0.39, 0.29) is 24.3 Å². The molecule has 0 radical (unpaired) electrons. The Morgan fingerprint density at radius 3 is 2.41 bits per heavy atom. The highest BCUT2D eigenvalue weighted by molar-refractivity contribution is 6.31. The highest BCUT2D eigenvalue weighted by atomic mass is 35.5. The van der Waals surface area contributed by atoms with Gasteiger partial charge in [-0.2, -0.15) is 4.99 Å². The van der Waals surface area contributed by atoms with E-state index in [4.69, 9.17) is 23.1 Å². The summed E-state index contributed by atoms with van der Waals surface area (Å²) in [4.78, 5) is 12.7. The first-order valence-electron chi connectivity index (χ1n) is 6.26. The first-order chi connectivity index (χ1) is 10.1. The van der Waals surface area contributed by atoms with E-state index in [2.05, 4.69) is 15.0 Å². The van der Waals surface area contributed by atoms with Gasteiger partial charge in [0.2, 0.25) is 0 Å². The van der Waals surface area contributed by atoms with Crippen molar-refractivity contribution in [3.8, 4) is 11.3 Å². The van der Waals surface area contributed by atoms with Crippen LogP contribution in [0, 0.1) is 0 Å². The largest absolute Gasteiger partial charge is 1.00 e. The van der Waals surface area contributed by atoms with Gasteiger partial charge in [-0.15, -0.1) is 0 Å². The maximum absolute atomic E-state index is 6.08. The third kappa shape index (κ3) is 3.27. The van der Waals surface area contributed by atoms with Crippen molar-refractivity contribution in [2.24, 2.45) is 16.5 Å². The van der Waals surface area contributed by atoms with Crippen LogP contribution in [-0.2, 0) is 0 Å². The average molecular weight is 333 g/mol. The predicted octanol–water partition coefficient (Wildman–Crippen LogP) is -0.141. The van der Waals surface area contributed by atoms with Crippen molar-refractivity contribution in [1.82, 2.24) is 9.97 Å². The molecule has 0 amide bonds. The Hall–Kier alpha value is -2.37. The monoisotopic (exact) mass is 332 g/mol. The first-order valence-corrected chi connectivity index (χ1v) is 6.63. The molecule has 0 aliphatic heterocycles. The second kappa shape index (κ2) is 6.60. The molecular weight excluding hydrogens is 321 g/mol. The Morgan fingerprint density at radius 2 is 1.73 bits per heavy atom. The molecule has 0 bridgehead atoms. The molecule has 3 aromatic rings. The van der Waals surface area contributed by atoms with Gasteiger partial charge in [-0.1, -0.05) is 41.9 Å². The number of rotatable bonds is 2. The lowest BCUT2D eigenvalue weighted by molar-refractivity contribution is -0.00000458. The number of guanidine groups is 1.